The lowest BCUT2D eigenvalue weighted by Gasteiger charge is -2.02. The zero-order chi connectivity index (χ0) is 13.0. The SMILES string of the molecule is CCCSCc1nc(-c2cnn(C)c2)cc(=O)[nH]1. The van der Waals surface area contributed by atoms with Crippen molar-refractivity contribution < 1.29 is 0 Å². The van der Waals surface area contributed by atoms with Crippen molar-refractivity contribution in [1.82, 2.24) is 19.7 Å². The van der Waals surface area contributed by atoms with E-state index in [9.17, 15) is 4.79 Å². The van der Waals surface area contributed by atoms with Gasteiger partial charge in [-0.3, -0.25) is 9.48 Å². The fraction of sp³-hybridized carbons (Fsp3) is 0.417. The van der Waals surface area contributed by atoms with Crippen molar-refractivity contribution in [3.63, 3.8) is 0 Å². The van der Waals surface area contributed by atoms with E-state index < -0.39 is 0 Å². The Labute approximate surface area is 110 Å². The number of aromatic nitrogens is 4. The Morgan fingerprint density at radius 1 is 1.50 bits per heavy atom. The second-order valence-electron chi connectivity index (χ2n) is 4.03. The summed E-state index contributed by atoms with van der Waals surface area (Å²) in [6.45, 7) is 2.13. The molecule has 0 aromatic carbocycles. The van der Waals surface area contributed by atoms with Crippen LogP contribution in [-0.4, -0.2) is 25.5 Å². The van der Waals surface area contributed by atoms with E-state index >= 15 is 0 Å². The highest BCUT2D eigenvalue weighted by atomic mass is 32.2. The standard InChI is InChI=1S/C12H16N4OS/c1-3-4-18-8-11-14-10(5-12(17)15-11)9-6-13-16(2)7-9/h5-7H,3-4,8H2,1-2H3,(H,14,15,17). The van der Waals surface area contributed by atoms with E-state index in [1.165, 1.54) is 6.07 Å². The zero-order valence-electron chi connectivity index (χ0n) is 10.5. The maximum atomic E-state index is 11.6. The highest BCUT2D eigenvalue weighted by molar-refractivity contribution is 7.98. The van der Waals surface area contributed by atoms with Gasteiger partial charge in [-0.15, -0.1) is 0 Å². The molecule has 0 aliphatic heterocycles. The predicted octanol–water partition coefficient (Wildman–Crippen LogP) is 1.81. The molecule has 5 nitrogen and oxygen atoms in total. The van der Waals surface area contributed by atoms with Gasteiger partial charge >= 0.3 is 0 Å². The van der Waals surface area contributed by atoms with Crippen molar-refractivity contribution in [2.75, 3.05) is 5.75 Å². The maximum Gasteiger partial charge on any atom is 0.251 e. The summed E-state index contributed by atoms with van der Waals surface area (Å²) >= 11 is 1.77. The molecule has 18 heavy (non-hydrogen) atoms. The summed E-state index contributed by atoms with van der Waals surface area (Å²) < 4.78 is 1.70. The van der Waals surface area contributed by atoms with Gasteiger partial charge in [0.05, 0.1) is 17.6 Å². The van der Waals surface area contributed by atoms with E-state index in [-0.39, 0.29) is 5.56 Å². The topological polar surface area (TPSA) is 63.6 Å². The first-order valence-corrected chi connectivity index (χ1v) is 7.01. The lowest BCUT2D eigenvalue weighted by molar-refractivity contribution is 0.768. The van der Waals surface area contributed by atoms with Crippen LogP contribution in [0.4, 0.5) is 0 Å². The van der Waals surface area contributed by atoms with Crippen molar-refractivity contribution in [2.24, 2.45) is 7.05 Å². The molecule has 0 radical (unpaired) electrons. The summed E-state index contributed by atoms with van der Waals surface area (Å²) in [6.07, 6.45) is 4.69. The van der Waals surface area contributed by atoms with Crippen LogP contribution >= 0.6 is 11.8 Å². The number of aromatic amines is 1. The molecule has 0 saturated heterocycles. The molecular weight excluding hydrogens is 248 g/mol. The molecule has 0 aliphatic rings. The second-order valence-corrected chi connectivity index (χ2v) is 5.14. The molecular formula is C12H16N4OS. The molecule has 0 unspecified atom stereocenters. The summed E-state index contributed by atoms with van der Waals surface area (Å²) in [5.41, 5.74) is 1.43. The van der Waals surface area contributed by atoms with E-state index in [0.29, 0.717) is 5.69 Å². The predicted molar refractivity (Wildman–Crippen MR) is 73.5 cm³/mol. The molecule has 0 spiro atoms. The molecule has 6 heteroatoms. The summed E-state index contributed by atoms with van der Waals surface area (Å²) in [4.78, 5) is 18.8. The minimum atomic E-state index is -0.115. The summed E-state index contributed by atoms with van der Waals surface area (Å²) in [5, 5.41) is 4.09. The summed E-state index contributed by atoms with van der Waals surface area (Å²) in [7, 11) is 1.84. The zero-order valence-corrected chi connectivity index (χ0v) is 11.3. The number of hydrogen-bond acceptors (Lipinski definition) is 4. The fourth-order valence-corrected chi connectivity index (χ4v) is 2.35. The highest BCUT2D eigenvalue weighted by Gasteiger charge is 2.05. The number of H-pyrrole nitrogens is 1. The van der Waals surface area contributed by atoms with Gasteiger partial charge in [-0.2, -0.15) is 16.9 Å². The second kappa shape index (κ2) is 5.86. The number of rotatable bonds is 5. The monoisotopic (exact) mass is 264 g/mol. The van der Waals surface area contributed by atoms with Crippen LogP contribution in [0.1, 0.15) is 19.2 Å². The first kappa shape index (κ1) is 12.9. The molecule has 0 saturated carbocycles. The molecule has 2 rings (SSSR count). The van der Waals surface area contributed by atoms with Crippen LogP contribution < -0.4 is 5.56 Å². The number of thioether (sulfide) groups is 1. The van der Waals surface area contributed by atoms with Gasteiger partial charge in [0.25, 0.3) is 5.56 Å². The van der Waals surface area contributed by atoms with Crippen LogP contribution in [0.25, 0.3) is 11.3 Å². The van der Waals surface area contributed by atoms with Crippen LogP contribution in [0.15, 0.2) is 23.3 Å². The van der Waals surface area contributed by atoms with Gasteiger partial charge in [0.2, 0.25) is 0 Å². The van der Waals surface area contributed by atoms with Crippen molar-refractivity contribution in [2.45, 2.75) is 19.1 Å². The Bertz CT molecular complexity index is 575. The number of nitrogens with zero attached hydrogens (tertiary/aromatic N) is 3. The fourth-order valence-electron chi connectivity index (χ4n) is 1.59. The summed E-state index contributed by atoms with van der Waals surface area (Å²) in [6, 6.07) is 1.50. The molecule has 2 aromatic heterocycles. The minimum Gasteiger partial charge on any atom is -0.310 e. The lowest BCUT2D eigenvalue weighted by Crippen LogP contribution is -2.10. The van der Waals surface area contributed by atoms with E-state index in [1.807, 2.05) is 13.2 Å². The van der Waals surface area contributed by atoms with Crippen molar-refractivity contribution in [1.29, 1.82) is 0 Å². The summed E-state index contributed by atoms with van der Waals surface area (Å²) in [5.74, 6) is 2.53. The smallest absolute Gasteiger partial charge is 0.251 e. The van der Waals surface area contributed by atoms with Crippen molar-refractivity contribution in [3.05, 3.63) is 34.6 Å². The first-order chi connectivity index (χ1) is 8.69. The molecule has 1 N–H and O–H groups in total. The van der Waals surface area contributed by atoms with Gasteiger partial charge < -0.3 is 4.98 Å². The Balaban J connectivity index is 2.24. The molecule has 0 atom stereocenters. The molecule has 96 valence electrons. The molecule has 2 aromatic rings. The third-order valence-corrected chi connectivity index (χ3v) is 3.55. The van der Waals surface area contributed by atoms with E-state index in [0.717, 1.165) is 29.3 Å². The van der Waals surface area contributed by atoms with Crippen LogP contribution in [0.5, 0.6) is 0 Å². The van der Waals surface area contributed by atoms with Gasteiger partial charge in [0, 0.05) is 24.9 Å². The molecule has 0 amide bonds. The van der Waals surface area contributed by atoms with Gasteiger partial charge in [0.15, 0.2) is 0 Å². The Kier molecular flexibility index (Phi) is 4.19. The van der Waals surface area contributed by atoms with Crippen LogP contribution in [0.2, 0.25) is 0 Å². The molecule has 0 aliphatic carbocycles. The number of hydrogen-bond donors (Lipinski definition) is 1. The average molecular weight is 264 g/mol. The van der Waals surface area contributed by atoms with Crippen molar-refractivity contribution in [3.8, 4) is 11.3 Å². The molecule has 0 bridgehead atoms. The quantitative estimate of drug-likeness (QED) is 0.837. The third kappa shape index (κ3) is 3.22. The Morgan fingerprint density at radius 3 is 3.00 bits per heavy atom. The average Bonchev–Trinajstić information content (AvgIpc) is 2.76. The van der Waals surface area contributed by atoms with Crippen LogP contribution in [0.3, 0.4) is 0 Å². The van der Waals surface area contributed by atoms with E-state index in [2.05, 4.69) is 22.0 Å². The largest absolute Gasteiger partial charge is 0.310 e. The maximum absolute atomic E-state index is 11.6. The molecule has 2 heterocycles. The Morgan fingerprint density at radius 2 is 2.33 bits per heavy atom. The normalized spacial score (nSPS) is 10.8. The molecule has 0 fully saturated rings. The Hall–Kier alpha value is -1.56. The number of aryl methyl sites for hydroxylation is 1. The van der Waals surface area contributed by atoms with Crippen LogP contribution in [-0.2, 0) is 12.8 Å². The van der Waals surface area contributed by atoms with E-state index in [4.69, 9.17) is 0 Å². The highest BCUT2D eigenvalue weighted by Crippen LogP contribution is 2.15. The van der Waals surface area contributed by atoms with Gasteiger partial charge in [-0.1, -0.05) is 6.92 Å². The third-order valence-electron chi connectivity index (χ3n) is 2.38. The first-order valence-electron chi connectivity index (χ1n) is 5.86. The van der Waals surface area contributed by atoms with Crippen molar-refractivity contribution >= 4 is 11.8 Å². The van der Waals surface area contributed by atoms with E-state index in [1.54, 1.807) is 22.6 Å². The van der Waals surface area contributed by atoms with Gasteiger partial charge in [-0.25, -0.2) is 4.98 Å². The number of nitrogens with one attached hydrogen (secondary N) is 1. The lowest BCUT2D eigenvalue weighted by atomic mass is 10.2. The van der Waals surface area contributed by atoms with Gasteiger partial charge in [0.1, 0.15) is 5.82 Å². The van der Waals surface area contributed by atoms with Gasteiger partial charge in [-0.05, 0) is 12.2 Å². The van der Waals surface area contributed by atoms with Crippen LogP contribution in [0, 0.1) is 0 Å². The minimum absolute atomic E-state index is 0.115.